The first-order chi connectivity index (χ1) is 10.0. The Bertz CT molecular complexity index is 645. The van der Waals surface area contributed by atoms with Crippen LogP contribution in [0, 0.1) is 13.8 Å². The summed E-state index contributed by atoms with van der Waals surface area (Å²) in [6, 6.07) is 10.9. The van der Waals surface area contributed by atoms with Gasteiger partial charge in [-0.15, -0.1) is 0 Å². The standard InChI is InChI=1S/C17H18ClNO2/c1-4-19-17(20)13-6-5-7-14(10-13)21-15-8-11(2)16(18)12(3)9-15/h5-10H,4H2,1-3H3,(H,19,20). The fourth-order valence-electron chi connectivity index (χ4n) is 2.06. The molecule has 0 heterocycles. The molecular formula is C17H18ClNO2. The maximum absolute atomic E-state index is 11.8. The Morgan fingerprint density at radius 1 is 1.14 bits per heavy atom. The van der Waals surface area contributed by atoms with Gasteiger partial charge in [-0.05, 0) is 62.2 Å². The van der Waals surface area contributed by atoms with Gasteiger partial charge in [0.25, 0.3) is 5.91 Å². The van der Waals surface area contributed by atoms with E-state index in [4.69, 9.17) is 16.3 Å². The topological polar surface area (TPSA) is 38.3 Å². The van der Waals surface area contributed by atoms with Crippen molar-refractivity contribution in [1.82, 2.24) is 5.32 Å². The normalized spacial score (nSPS) is 10.3. The van der Waals surface area contributed by atoms with E-state index in [1.165, 1.54) is 0 Å². The van der Waals surface area contributed by atoms with E-state index in [1.54, 1.807) is 18.2 Å². The first kappa shape index (κ1) is 15.4. The van der Waals surface area contributed by atoms with E-state index in [1.807, 2.05) is 39.0 Å². The molecule has 2 aromatic carbocycles. The molecule has 0 radical (unpaired) electrons. The van der Waals surface area contributed by atoms with Crippen LogP contribution in [-0.4, -0.2) is 12.5 Å². The predicted octanol–water partition coefficient (Wildman–Crippen LogP) is 4.50. The predicted molar refractivity (Wildman–Crippen MR) is 85.4 cm³/mol. The molecule has 0 saturated carbocycles. The van der Waals surface area contributed by atoms with Gasteiger partial charge in [-0.2, -0.15) is 0 Å². The second kappa shape index (κ2) is 6.64. The quantitative estimate of drug-likeness (QED) is 0.903. The SMILES string of the molecule is CCNC(=O)c1cccc(Oc2cc(C)c(Cl)c(C)c2)c1. The van der Waals surface area contributed by atoms with Crippen molar-refractivity contribution in [3.63, 3.8) is 0 Å². The van der Waals surface area contributed by atoms with Crippen molar-refractivity contribution < 1.29 is 9.53 Å². The lowest BCUT2D eigenvalue weighted by Gasteiger charge is -2.10. The molecule has 0 aromatic heterocycles. The Morgan fingerprint density at radius 2 is 1.81 bits per heavy atom. The Kier molecular flexibility index (Phi) is 4.86. The molecule has 2 rings (SSSR count). The molecule has 21 heavy (non-hydrogen) atoms. The Morgan fingerprint density at radius 3 is 2.43 bits per heavy atom. The van der Waals surface area contributed by atoms with Gasteiger partial charge in [0.15, 0.2) is 0 Å². The zero-order valence-corrected chi connectivity index (χ0v) is 13.1. The molecule has 0 saturated heterocycles. The van der Waals surface area contributed by atoms with Crippen LogP contribution in [0.4, 0.5) is 0 Å². The zero-order valence-electron chi connectivity index (χ0n) is 12.4. The van der Waals surface area contributed by atoms with Gasteiger partial charge in [0.2, 0.25) is 0 Å². The van der Waals surface area contributed by atoms with E-state index in [0.717, 1.165) is 16.1 Å². The molecule has 0 aliphatic carbocycles. The summed E-state index contributed by atoms with van der Waals surface area (Å²) in [5.41, 5.74) is 2.51. The van der Waals surface area contributed by atoms with Gasteiger partial charge in [-0.25, -0.2) is 0 Å². The van der Waals surface area contributed by atoms with E-state index in [9.17, 15) is 4.79 Å². The number of aryl methyl sites for hydroxylation is 2. The van der Waals surface area contributed by atoms with Crippen LogP contribution in [0.2, 0.25) is 5.02 Å². The van der Waals surface area contributed by atoms with Gasteiger partial charge in [-0.3, -0.25) is 4.79 Å². The average molecular weight is 304 g/mol. The number of carbonyl (C=O) groups is 1. The number of amides is 1. The minimum atomic E-state index is -0.105. The molecule has 0 bridgehead atoms. The van der Waals surface area contributed by atoms with E-state index in [-0.39, 0.29) is 5.91 Å². The van der Waals surface area contributed by atoms with E-state index < -0.39 is 0 Å². The second-order valence-corrected chi connectivity index (χ2v) is 5.24. The number of rotatable bonds is 4. The number of hydrogen-bond donors (Lipinski definition) is 1. The van der Waals surface area contributed by atoms with E-state index in [2.05, 4.69) is 5.32 Å². The summed E-state index contributed by atoms with van der Waals surface area (Å²) in [5, 5.41) is 3.52. The lowest BCUT2D eigenvalue weighted by atomic mass is 10.1. The number of halogens is 1. The van der Waals surface area contributed by atoms with Gasteiger partial charge in [-0.1, -0.05) is 17.7 Å². The Balaban J connectivity index is 2.24. The number of benzene rings is 2. The highest BCUT2D eigenvalue weighted by Gasteiger charge is 2.08. The fourth-order valence-corrected chi connectivity index (χ4v) is 2.17. The van der Waals surface area contributed by atoms with Crippen LogP contribution in [0.1, 0.15) is 28.4 Å². The van der Waals surface area contributed by atoms with Crippen molar-refractivity contribution in [1.29, 1.82) is 0 Å². The Hall–Kier alpha value is -2.00. The molecule has 0 atom stereocenters. The van der Waals surface area contributed by atoms with Gasteiger partial charge >= 0.3 is 0 Å². The molecule has 4 heteroatoms. The number of hydrogen-bond acceptors (Lipinski definition) is 2. The largest absolute Gasteiger partial charge is 0.457 e. The summed E-state index contributed by atoms with van der Waals surface area (Å²) in [7, 11) is 0. The van der Waals surface area contributed by atoms with Crippen molar-refractivity contribution in [2.24, 2.45) is 0 Å². The smallest absolute Gasteiger partial charge is 0.251 e. The third-order valence-electron chi connectivity index (χ3n) is 3.08. The molecule has 0 spiro atoms. The van der Waals surface area contributed by atoms with Crippen LogP contribution in [0.5, 0.6) is 11.5 Å². The van der Waals surface area contributed by atoms with Crippen LogP contribution >= 0.6 is 11.6 Å². The Labute approximate surface area is 129 Å². The van der Waals surface area contributed by atoms with Crippen LogP contribution < -0.4 is 10.1 Å². The summed E-state index contributed by atoms with van der Waals surface area (Å²) in [5.74, 6) is 1.23. The van der Waals surface area contributed by atoms with E-state index in [0.29, 0.717) is 23.6 Å². The number of nitrogens with one attached hydrogen (secondary N) is 1. The highest BCUT2D eigenvalue weighted by atomic mass is 35.5. The third-order valence-corrected chi connectivity index (χ3v) is 3.68. The highest BCUT2D eigenvalue weighted by molar-refractivity contribution is 6.32. The average Bonchev–Trinajstić information content (AvgIpc) is 2.45. The van der Waals surface area contributed by atoms with Crippen molar-refractivity contribution in [3.8, 4) is 11.5 Å². The van der Waals surface area contributed by atoms with Crippen LogP contribution in [-0.2, 0) is 0 Å². The molecule has 1 N–H and O–H groups in total. The van der Waals surface area contributed by atoms with Crippen molar-refractivity contribution in [2.75, 3.05) is 6.54 Å². The van der Waals surface area contributed by atoms with Crippen LogP contribution in [0.15, 0.2) is 36.4 Å². The zero-order chi connectivity index (χ0) is 15.4. The third kappa shape index (κ3) is 3.76. The van der Waals surface area contributed by atoms with Crippen molar-refractivity contribution in [3.05, 3.63) is 58.1 Å². The second-order valence-electron chi connectivity index (χ2n) is 4.86. The first-order valence-electron chi connectivity index (χ1n) is 6.84. The maximum Gasteiger partial charge on any atom is 0.251 e. The molecule has 0 unspecified atom stereocenters. The molecule has 1 amide bonds. The summed E-state index contributed by atoms with van der Waals surface area (Å²) in [6.07, 6.45) is 0. The first-order valence-corrected chi connectivity index (χ1v) is 7.22. The minimum Gasteiger partial charge on any atom is -0.457 e. The molecular weight excluding hydrogens is 286 g/mol. The van der Waals surface area contributed by atoms with Crippen molar-refractivity contribution >= 4 is 17.5 Å². The summed E-state index contributed by atoms with van der Waals surface area (Å²) < 4.78 is 5.83. The van der Waals surface area contributed by atoms with Crippen LogP contribution in [0.3, 0.4) is 0 Å². The summed E-state index contributed by atoms with van der Waals surface area (Å²) >= 11 is 6.15. The lowest BCUT2D eigenvalue weighted by molar-refractivity contribution is 0.0955. The lowest BCUT2D eigenvalue weighted by Crippen LogP contribution is -2.22. The summed E-state index contributed by atoms with van der Waals surface area (Å²) in [4.78, 5) is 11.8. The molecule has 0 aliphatic rings. The van der Waals surface area contributed by atoms with Crippen molar-refractivity contribution in [2.45, 2.75) is 20.8 Å². The fraction of sp³-hybridized carbons (Fsp3) is 0.235. The number of carbonyl (C=O) groups excluding carboxylic acids is 1. The minimum absolute atomic E-state index is 0.105. The molecule has 3 nitrogen and oxygen atoms in total. The monoisotopic (exact) mass is 303 g/mol. The highest BCUT2D eigenvalue weighted by Crippen LogP contribution is 2.29. The van der Waals surface area contributed by atoms with Gasteiger partial charge in [0, 0.05) is 17.1 Å². The molecule has 0 aliphatic heterocycles. The maximum atomic E-state index is 11.8. The molecule has 0 fully saturated rings. The molecule has 110 valence electrons. The summed E-state index contributed by atoms with van der Waals surface area (Å²) in [6.45, 7) is 6.36. The van der Waals surface area contributed by atoms with Gasteiger partial charge < -0.3 is 10.1 Å². The van der Waals surface area contributed by atoms with Crippen LogP contribution in [0.25, 0.3) is 0 Å². The van der Waals surface area contributed by atoms with Gasteiger partial charge in [0.1, 0.15) is 11.5 Å². The van der Waals surface area contributed by atoms with E-state index >= 15 is 0 Å². The molecule has 2 aromatic rings. The van der Waals surface area contributed by atoms with Gasteiger partial charge in [0.05, 0.1) is 0 Å². The number of ether oxygens (including phenoxy) is 1.